The second kappa shape index (κ2) is 10.1. The molecule has 1 atom stereocenters. The van der Waals surface area contributed by atoms with E-state index in [-0.39, 0.29) is 18.6 Å². The van der Waals surface area contributed by atoms with Gasteiger partial charge in [-0.3, -0.25) is 4.79 Å². The van der Waals surface area contributed by atoms with Gasteiger partial charge in [0, 0.05) is 0 Å². The minimum Gasteiger partial charge on any atom is -0.497 e. The van der Waals surface area contributed by atoms with Gasteiger partial charge in [-0.1, -0.05) is 42.5 Å². The van der Waals surface area contributed by atoms with Crippen LogP contribution in [0.3, 0.4) is 0 Å². The molecule has 0 aliphatic heterocycles. The molecule has 154 valence electrons. The zero-order valence-corrected chi connectivity index (χ0v) is 16.8. The van der Waals surface area contributed by atoms with Gasteiger partial charge in [0.05, 0.1) is 25.8 Å². The van der Waals surface area contributed by atoms with Gasteiger partial charge in [-0.25, -0.2) is 4.79 Å². The van der Waals surface area contributed by atoms with E-state index in [9.17, 15) is 9.59 Å². The van der Waals surface area contributed by atoms with Crippen LogP contribution >= 0.6 is 0 Å². The number of amides is 1. The van der Waals surface area contributed by atoms with Gasteiger partial charge in [-0.15, -0.1) is 0 Å². The maximum atomic E-state index is 12.6. The first-order valence-corrected chi connectivity index (χ1v) is 9.40. The van der Waals surface area contributed by atoms with Gasteiger partial charge in [0.2, 0.25) is 0 Å². The molecule has 0 fully saturated rings. The molecule has 30 heavy (non-hydrogen) atoms. The van der Waals surface area contributed by atoms with Crippen molar-refractivity contribution in [2.45, 2.75) is 6.04 Å². The highest BCUT2D eigenvalue weighted by Gasteiger charge is 2.17. The highest BCUT2D eigenvalue weighted by molar-refractivity contribution is 5.89. The molecule has 3 aromatic rings. The number of rotatable bonds is 8. The summed E-state index contributed by atoms with van der Waals surface area (Å²) in [6.07, 6.45) is 0. The number of benzene rings is 3. The van der Waals surface area contributed by atoms with Gasteiger partial charge in [0.15, 0.2) is 6.61 Å². The van der Waals surface area contributed by atoms with Crippen LogP contribution in [0.25, 0.3) is 0 Å². The largest absolute Gasteiger partial charge is 0.497 e. The summed E-state index contributed by atoms with van der Waals surface area (Å²) in [4.78, 5) is 24.1. The van der Waals surface area contributed by atoms with E-state index in [4.69, 9.17) is 9.47 Å². The molecule has 0 aromatic heterocycles. The Kier molecular flexibility index (Phi) is 7.05. The van der Waals surface area contributed by atoms with E-state index in [0.29, 0.717) is 11.3 Å². The van der Waals surface area contributed by atoms with Crippen LogP contribution in [0.1, 0.15) is 27.5 Å². The van der Waals surface area contributed by atoms with E-state index >= 15 is 0 Å². The van der Waals surface area contributed by atoms with Crippen LogP contribution < -0.4 is 14.8 Å². The molecule has 0 heterocycles. The third-order valence-electron chi connectivity index (χ3n) is 4.53. The Bertz CT molecular complexity index is 969. The summed E-state index contributed by atoms with van der Waals surface area (Å²) in [7, 11) is 2.93. The highest BCUT2D eigenvalue weighted by Crippen LogP contribution is 2.24. The second-order valence-electron chi connectivity index (χ2n) is 6.49. The molecule has 3 aromatic carbocycles. The number of carbonyl (C=O) groups excluding carboxylic acids is 2. The zero-order valence-electron chi connectivity index (χ0n) is 16.8. The molecular weight excluding hydrogens is 382 g/mol. The van der Waals surface area contributed by atoms with Gasteiger partial charge < -0.3 is 19.5 Å². The molecule has 0 spiro atoms. The molecule has 0 saturated heterocycles. The van der Waals surface area contributed by atoms with Crippen molar-refractivity contribution in [1.82, 2.24) is 5.32 Å². The van der Waals surface area contributed by atoms with Crippen molar-refractivity contribution in [3.63, 3.8) is 0 Å². The molecule has 0 radical (unpaired) electrons. The molecule has 0 saturated carbocycles. The van der Waals surface area contributed by atoms with Crippen molar-refractivity contribution < 1.29 is 23.8 Å². The highest BCUT2D eigenvalue weighted by atomic mass is 16.5. The van der Waals surface area contributed by atoms with Gasteiger partial charge >= 0.3 is 5.97 Å². The molecule has 0 aliphatic rings. The number of esters is 1. The molecule has 3 rings (SSSR count). The molecule has 0 bridgehead atoms. The van der Waals surface area contributed by atoms with Gasteiger partial charge in [0.1, 0.15) is 11.5 Å². The van der Waals surface area contributed by atoms with Crippen molar-refractivity contribution in [2.24, 2.45) is 0 Å². The van der Waals surface area contributed by atoms with Crippen molar-refractivity contribution in [3.8, 4) is 11.5 Å². The number of ether oxygens (including phenoxy) is 3. The first kappa shape index (κ1) is 20.9. The van der Waals surface area contributed by atoms with Crippen molar-refractivity contribution in [3.05, 3.63) is 95.6 Å². The summed E-state index contributed by atoms with van der Waals surface area (Å²) in [5.74, 6) is 0.537. The monoisotopic (exact) mass is 405 g/mol. The number of hydrogen-bond donors (Lipinski definition) is 1. The third kappa shape index (κ3) is 5.38. The Hall–Kier alpha value is -3.80. The van der Waals surface area contributed by atoms with Gasteiger partial charge in [-0.05, 0) is 47.5 Å². The van der Waals surface area contributed by atoms with Crippen LogP contribution in [0.4, 0.5) is 0 Å². The van der Waals surface area contributed by atoms with Gasteiger partial charge in [0.25, 0.3) is 5.91 Å². The predicted octanol–water partition coefficient (Wildman–Crippen LogP) is 3.77. The first-order valence-electron chi connectivity index (χ1n) is 9.40. The van der Waals surface area contributed by atoms with Crippen LogP contribution in [0.2, 0.25) is 0 Å². The Morgan fingerprint density at radius 2 is 1.40 bits per heavy atom. The van der Waals surface area contributed by atoms with E-state index in [1.807, 2.05) is 54.6 Å². The lowest BCUT2D eigenvalue weighted by molar-refractivity contribution is -0.123. The zero-order chi connectivity index (χ0) is 21.3. The molecular formula is C24H23NO5. The predicted molar refractivity (Wildman–Crippen MR) is 113 cm³/mol. The minimum atomic E-state index is -0.426. The van der Waals surface area contributed by atoms with Crippen molar-refractivity contribution in [1.29, 1.82) is 0 Å². The number of carbonyl (C=O) groups is 2. The Morgan fingerprint density at radius 3 is 2.00 bits per heavy atom. The summed E-state index contributed by atoms with van der Waals surface area (Å²) in [6, 6.07) is 23.4. The molecule has 0 unspecified atom stereocenters. The maximum absolute atomic E-state index is 12.6. The van der Waals surface area contributed by atoms with Crippen LogP contribution in [-0.2, 0) is 9.53 Å². The average molecular weight is 405 g/mol. The fraction of sp³-hybridized carbons (Fsp3) is 0.167. The minimum absolute atomic E-state index is 0.156. The van der Waals surface area contributed by atoms with Crippen LogP contribution in [0.15, 0.2) is 78.9 Å². The summed E-state index contributed by atoms with van der Waals surface area (Å²) < 4.78 is 15.4. The summed E-state index contributed by atoms with van der Waals surface area (Å²) in [5, 5.41) is 3.02. The smallest absolute Gasteiger partial charge is 0.337 e. The average Bonchev–Trinajstić information content (AvgIpc) is 2.81. The standard InChI is InChI=1S/C24H23NO5/c1-28-20-12-8-18(9-13-20)23(17-6-4-3-5-7-17)25-22(26)16-30-21-14-10-19(11-15-21)24(27)29-2/h3-15,23H,16H2,1-2H3,(H,25,26)/t23-/m1/s1. The van der Waals surface area contributed by atoms with Crippen LogP contribution in [0, 0.1) is 0 Å². The fourth-order valence-corrected chi connectivity index (χ4v) is 2.96. The summed E-state index contributed by atoms with van der Waals surface area (Å²) in [6.45, 7) is -0.156. The summed E-state index contributed by atoms with van der Waals surface area (Å²) in [5.41, 5.74) is 2.30. The summed E-state index contributed by atoms with van der Waals surface area (Å²) >= 11 is 0. The molecule has 1 amide bonds. The van der Waals surface area contributed by atoms with E-state index in [1.165, 1.54) is 7.11 Å². The fourth-order valence-electron chi connectivity index (χ4n) is 2.96. The van der Waals surface area contributed by atoms with E-state index < -0.39 is 5.97 Å². The Morgan fingerprint density at radius 1 is 0.800 bits per heavy atom. The lowest BCUT2D eigenvalue weighted by atomic mass is 9.98. The normalized spacial score (nSPS) is 11.3. The van der Waals surface area contributed by atoms with Crippen LogP contribution in [0.5, 0.6) is 11.5 Å². The van der Waals surface area contributed by atoms with E-state index in [2.05, 4.69) is 10.1 Å². The van der Waals surface area contributed by atoms with E-state index in [0.717, 1.165) is 16.9 Å². The first-order chi connectivity index (χ1) is 14.6. The topological polar surface area (TPSA) is 73.9 Å². The lowest BCUT2D eigenvalue weighted by Crippen LogP contribution is -2.33. The lowest BCUT2D eigenvalue weighted by Gasteiger charge is -2.20. The van der Waals surface area contributed by atoms with E-state index in [1.54, 1.807) is 31.4 Å². The second-order valence-corrected chi connectivity index (χ2v) is 6.49. The SMILES string of the molecule is COC(=O)c1ccc(OCC(=O)N[C@H](c2ccccc2)c2ccc(OC)cc2)cc1. The number of nitrogens with one attached hydrogen (secondary N) is 1. The third-order valence-corrected chi connectivity index (χ3v) is 4.53. The quantitative estimate of drug-likeness (QED) is 0.578. The van der Waals surface area contributed by atoms with Crippen LogP contribution in [-0.4, -0.2) is 32.7 Å². The molecule has 6 heteroatoms. The van der Waals surface area contributed by atoms with Crippen molar-refractivity contribution in [2.75, 3.05) is 20.8 Å². The Labute approximate surface area is 175 Å². The molecule has 6 nitrogen and oxygen atoms in total. The Balaban J connectivity index is 1.68. The number of methoxy groups -OCH3 is 2. The molecule has 1 N–H and O–H groups in total. The number of hydrogen-bond acceptors (Lipinski definition) is 5. The van der Waals surface area contributed by atoms with Gasteiger partial charge in [-0.2, -0.15) is 0 Å². The van der Waals surface area contributed by atoms with Crippen molar-refractivity contribution >= 4 is 11.9 Å². The maximum Gasteiger partial charge on any atom is 0.337 e. The molecule has 0 aliphatic carbocycles.